The summed E-state index contributed by atoms with van der Waals surface area (Å²) in [4.78, 5) is 19.0. The average molecular weight is 383 g/mol. The van der Waals surface area contributed by atoms with Crippen LogP contribution in [0.3, 0.4) is 0 Å². The highest BCUT2D eigenvalue weighted by Crippen LogP contribution is 2.26. The van der Waals surface area contributed by atoms with Crippen LogP contribution < -0.4 is 10.6 Å². The molecule has 1 unspecified atom stereocenters. The second-order valence-corrected chi connectivity index (χ2v) is 7.13. The number of guanidine groups is 1. The maximum absolute atomic E-state index is 12.1. The Hall–Kier alpha value is -2.83. The Morgan fingerprint density at radius 1 is 1.29 bits per heavy atom. The van der Waals surface area contributed by atoms with Crippen molar-refractivity contribution in [3.8, 4) is 0 Å². The third kappa shape index (κ3) is 5.58. The van der Waals surface area contributed by atoms with Gasteiger partial charge < -0.3 is 15.5 Å². The summed E-state index contributed by atoms with van der Waals surface area (Å²) in [6.07, 6.45) is 5.53. The number of nitrogens with zero attached hydrogens (tertiary/aromatic N) is 4. The molecule has 1 atom stereocenters. The number of aliphatic imine (C=N–C) groups is 1. The molecule has 0 radical (unpaired) electrons. The number of carbonyl (C=O) groups excluding carboxylic acids is 1. The summed E-state index contributed by atoms with van der Waals surface area (Å²) >= 11 is 0. The minimum absolute atomic E-state index is 0.0260. The first-order valence-corrected chi connectivity index (χ1v) is 9.98. The Balaban J connectivity index is 1.48. The van der Waals surface area contributed by atoms with Gasteiger partial charge in [-0.2, -0.15) is 5.10 Å². The van der Waals surface area contributed by atoms with E-state index in [-0.39, 0.29) is 5.91 Å². The van der Waals surface area contributed by atoms with Gasteiger partial charge in [0.2, 0.25) is 5.91 Å². The highest BCUT2D eigenvalue weighted by Gasteiger charge is 2.26. The van der Waals surface area contributed by atoms with Gasteiger partial charge in [-0.05, 0) is 24.5 Å². The van der Waals surface area contributed by atoms with Crippen LogP contribution >= 0.6 is 0 Å². The van der Waals surface area contributed by atoms with Crippen LogP contribution in [0.1, 0.15) is 36.8 Å². The molecule has 7 heteroatoms. The number of likely N-dealkylation sites (tertiary alicyclic amines) is 1. The number of aryl methyl sites for hydroxylation is 1. The van der Waals surface area contributed by atoms with Crippen LogP contribution in [0.15, 0.2) is 47.7 Å². The molecule has 2 heterocycles. The van der Waals surface area contributed by atoms with Crippen molar-refractivity contribution in [1.82, 2.24) is 25.3 Å². The summed E-state index contributed by atoms with van der Waals surface area (Å²) in [5.41, 5.74) is 2.38. The van der Waals surface area contributed by atoms with Crippen molar-refractivity contribution in [3.05, 3.63) is 53.9 Å². The minimum Gasteiger partial charge on any atom is -0.357 e. The number of rotatable bonds is 7. The van der Waals surface area contributed by atoms with Crippen LogP contribution in [0.25, 0.3) is 0 Å². The number of aromatic nitrogens is 2. The summed E-state index contributed by atoms with van der Waals surface area (Å²) in [5, 5.41) is 10.6. The highest BCUT2D eigenvalue weighted by molar-refractivity contribution is 5.81. The van der Waals surface area contributed by atoms with Crippen molar-refractivity contribution in [2.24, 2.45) is 12.0 Å². The molecule has 28 heavy (non-hydrogen) atoms. The van der Waals surface area contributed by atoms with E-state index < -0.39 is 0 Å². The number of hydrogen-bond donors (Lipinski definition) is 2. The predicted molar refractivity (Wildman–Crippen MR) is 111 cm³/mol. The van der Waals surface area contributed by atoms with Gasteiger partial charge in [-0.15, -0.1) is 0 Å². The lowest BCUT2D eigenvalue weighted by Gasteiger charge is -2.21. The van der Waals surface area contributed by atoms with Gasteiger partial charge in [-0.3, -0.25) is 14.5 Å². The molecule has 1 fully saturated rings. The normalized spacial score (nSPS) is 17.0. The van der Waals surface area contributed by atoms with Crippen molar-refractivity contribution in [2.45, 2.75) is 32.2 Å². The number of benzene rings is 1. The fourth-order valence-corrected chi connectivity index (χ4v) is 3.45. The monoisotopic (exact) mass is 382 g/mol. The molecule has 0 bridgehead atoms. The molecule has 1 amide bonds. The molecule has 0 spiro atoms. The third-order valence-corrected chi connectivity index (χ3v) is 4.95. The van der Waals surface area contributed by atoms with E-state index >= 15 is 0 Å². The molecule has 2 aromatic rings. The fraction of sp³-hybridized carbons (Fsp3) is 0.476. The van der Waals surface area contributed by atoms with E-state index in [0.29, 0.717) is 25.4 Å². The lowest BCUT2D eigenvalue weighted by molar-refractivity contribution is -0.121. The molecule has 1 saturated heterocycles. The van der Waals surface area contributed by atoms with E-state index in [9.17, 15) is 4.79 Å². The van der Waals surface area contributed by atoms with Gasteiger partial charge in [0.15, 0.2) is 5.96 Å². The molecule has 0 aliphatic carbocycles. The SMILES string of the molecule is CCNC(=NCCC(=O)NCc1ccccc1)N1CCC(c2cnn(C)c2)C1. The Bertz CT molecular complexity index is 785. The van der Waals surface area contributed by atoms with E-state index in [1.165, 1.54) is 5.56 Å². The van der Waals surface area contributed by atoms with Gasteiger partial charge in [0.1, 0.15) is 0 Å². The summed E-state index contributed by atoms with van der Waals surface area (Å²) < 4.78 is 1.85. The Morgan fingerprint density at radius 3 is 2.82 bits per heavy atom. The molecule has 1 aliphatic rings. The first-order valence-electron chi connectivity index (χ1n) is 9.98. The van der Waals surface area contributed by atoms with Crippen LogP contribution in [-0.2, 0) is 18.4 Å². The highest BCUT2D eigenvalue weighted by atomic mass is 16.1. The van der Waals surface area contributed by atoms with Gasteiger partial charge in [0.05, 0.1) is 12.7 Å². The van der Waals surface area contributed by atoms with Gasteiger partial charge >= 0.3 is 0 Å². The van der Waals surface area contributed by atoms with Crippen molar-refractivity contribution in [3.63, 3.8) is 0 Å². The molecule has 2 N–H and O–H groups in total. The Morgan fingerprint density at radius 2 is 2.11 bits per heavy atom. The molecule has 3 rings (SSSR count). The summed E-state index contributed by atoms with van der Waals surface area (Å²) in [5.74, 6) is 1.40. The summed E-state index contributed by atoms with van der Waals surface area (Å²) in [6, 6.07) is 9.94. The molecule has 1 aromatic heterocycles. The van der Waals surface area contributed by atoms with Gasteiger partial charge in [-0.1, -0.05) is 30.3 Å². The smallest absolute Gasteiger partial charge is 0.222 e. The molecule has 0 saturated carbocycles. The van der Waals surface area contributed by atoms with E-state index in [1.54, 1.807) is 0 Å². The van der Waals surface area contributed by atoms with Gasteiger partial charge in [0, 0.05) is 51.8 Å². The van der Waals surface area contributed by atoms with Crippen molar-refractivity contribution in [1.29, 1.82) is 0 Å². The van der Waals surface area contributed by atoms with Gasteiger partial charge in [0.25, 0.3) is 0 Å². The quantitative estimate of drug-likeness (QED) is 0.566. The Kier molecular flexibility index (Phi) is 7.06. The zero-order valence-electron chi connectivity index (χ0n) is 16.8. The second-order valence-electron chi connectivity index (χ2n) is 7.13. The molecule has 150 valence electrons. The minimum atomic E-state index is 0.0260. The van der Waals surface area contributed by atoms with Crippen LogP contribution in [0, 0.1) is 0 Å². The van der Waals surface area contributed by atoms with Gasteiger partial charge in [-0.25, -0.2) is 0 Å². The standard InChI is InChI=1S/C21H30N6O/c1-3-22-21(27-12-10-18(16-27)19-14-25-26(2)15-19)23-11-9-20(28)24-13-17-7-5-4-6-8-17/h4-8,14-15,18H,3,9-13,16H2,1-2H3,(H,22,23)(H,24,28). The first-order chi connectivity index (χ1) is 13.7. The molecule has 1 aromatic carbocycles. The van der Waals surface area contributed by atoms with E-state index in [4.69, 9.17) is 0 Å². The van der Waals surface area contributed by atoms with Crippen molar-refractivity contribution >= 4 is 11.9 Å². The fourth-order valence-electron chi connectivity index (χ4n) is 3.45. The second kappa shape index (κ2) is 9.92. The average Bonchev–Trinajstić information content (AvgIpc) is 3.35. The largest absolute Gasteiger partial charge is 0.357 e. The predicted octanol–water partition coefficient (Wildman–Crippen LogP) is 1.88. The number of carbonyl (C=O) groups is 1. The molecule has 1 aliphatic heterocycles. The van der Waals surface area contributed by atoms with Crippen LogP contribution in [0.2, 0.25) is 0 Å². The zero-order chi connectivity index (χ0) is 19.8. The van der Waals surface area contributed by atoms with Crippen LogP contribution in [-0.4, -0.2) is 52.7 Å². The maximum atomic E-state index is 12.1. The first kappa shape index (κ1) is 19.9. The molecule has 7 nitrogen and oxygen atoms in total. The van der Waals surface area contributed by atoms with Crippen LogP contribution in [0.5, 0.6) is 0 Å². The van der Waals surface area contributed by atoms with Crippen molar-refractivity contribution < 1.29 is 4.79 Å². The topological polar surface area (TPSA) is 74.6 Å². The summed E-state index contributed by atoms with van der Waals surface area (Å²) in [7, 11) is 1.95. The molecular formula is C21H30N6O. The number of hydrogen-bond acceptors (Lipinski definition) is 3. The lowest BCUT2D eigenvalue weighted by Crippen LogP contribution is -2.40. The maximum Gasteiger partial charge on any atom is 0.222 e. The Labute approximate surface area is 166 Å². The van der Waals surface area contributed by atoms with Crippen molar-refractivity contribution in [2.75, 3.05) is 26.2 Å². The van der Waals surface area contributed by atoms with E-state index in [2.05, 4.69) is 38.7 Å². The third-order valence-electron chi connectivity index (χ3n) is 4.95. The van der Waals surface area contributed by atoms with E-state index in [0.717, 1.165) is 37.6 Å². The zero-order valence-corrected chi connectivity index (χ0v) is 16.8. The molecular weight excluding hydrogens is 352 g/mol. The number of nitrogens with one attached hydrogen (secondary N) is 2. The number of amides is 1. The van der Waals surface area contributed by atoms with E-state index in [1.807, 2.05) is 48.3 Å². The van der Waals surface area contributed by atoms with Crippen LogP contribution in [0.4, 0.5) is 0 Å². The lowest BCUT2D eigenvalue weighted by atomic mass is 10.0. The summed E-state index contributed by atoms with van der Waals surface area (Å²) in [6.45, 7) is 5.81.